The van der Waals surface area contributed by atoms with E-state index in [1.807, 2.05) is 0 Å². The van der Waals surface area contributed by atoms with Gasteiger partial charge in [0.2, 0.25) is 11.8 Å². The summed E-state index contributed by atoms with van der Waals surface area (Å²) < 4.78 is 5.10. The molecule has 102 valence electrons. The molecule has 0 bridgehead atoms. The van der Waals surface area contributed by atoms with Crippen LogP contribution in [0.1, 0.15) is 31.6 Å². The molecule has 0 radical (unpaired) electrons. The first-order chi connectivity index (χ1) is 9.09. The molecule has 7 heteroatoms. The third kappa shape index (κ3) is 2.05. The summed E-state index contributed by atoms with van der Waals surface area (Å²) >= 11 is 0. The number of aromatic nitrogens is 1. The van der Waals surface area contributed by atoms with Crippen LogP contribution >= 0.6 is 0 Å². The van der Waals surface area contributed by atoms with Crippen LogP contribution in [-0.2, 0) is 16.0 Å². The zero-order chi connectivity index (χ0) is 13.5. The van der Waals surface area contributed by atoms with E-state index in [4.69, 9.17) is 10.2 Å². The topological polar surface area (TPSA) is 110 Å². The lowest BCUT2D eigenvalue weighted by molar-refractivity contribution is -0.141. The number of nitrogen functional groups attached to an aromatic ring is 1. The first kappa shape index (κ1) is 12.0. The Balaban J connectivity index is 1.72. The lowest BCUT2D eigenvalue weighted by Crippen LogP contribution is -2.68. The summed E-state index contributed by atoms with van der Waals surface area (Å²) in [4.78, 5) is 28.2. The second-order valence-electron chi connectivity index (χ2n) is 5.17. The molecule has 1 spiro atoms. The van der Waals surface area contributed by atoms with Gasteiger partial charge in [-0.25, -0.2) is 0 Å². The second-order valence-corrected chi connectivity index (χ2v) is 5.17. The Morgan fingerprint density at radius 3 is 2.79 bits per heavy atom. The van der Waals surface area contributed by atoms with E-state index in [0.717, 1.165) is 12.8 Å². The first-order valence-electron chi connectivity index (χ1n) is 6.42. The van der Waals surface area contributed by atoms with Crippen molar-refractivity contribution >= 4 is 17.6 Å². The Morgan fingerprint density at radius 2 is 2.16 bits per heavy atom. The van der Waals surface area contributed by atoms with Crippen molar-refractivity contribution < 1.29 is 14.0 Å². The van der Waals surface area contributed by atoms with Crippen LogP contribution in [0.5, 0.6) is 0 Å². The number of nitrogens with one attached hydrogen (secondary N) is 2. The molecule has 1 aliphatic carbocycles. The molecule has 2 amide bonds. The third-order valence-corrected chi connectivity index (χ3v) is 3.82. The van der Waals surface area contributed by atoms with Gasteiger partial charge in [0.15, 0.2) is 11.7 Å². The number of oxazole rings is 1. The van der Waals surface area contributed by atoms with Crippen molar-refractivity contribution in [1.82, 2.24) is 15.6 Å². The van der Waals surface area contributed by atoms with E-state index in [0.29, 0.717) is 18.7 Å². The molecule has 1 aliphatic heterocycles. The molecule has 1 atom stereocenters. The van der Waals surface area contributed by atoms with Gasteiger partial charge in [0.25, 0.3) is 0 Å². The van der Waals surface area contributed by atoms with Crippen LogP contribution < -0.4 is 16.4 Å². The van der Waals surface area contributed by atoms with Crippen LogP contribution in [0, 0.1) is 0 Å². The summed E-state index contributed by atoms with van der Waals surface area (Å²) in [5.74, 6) is 0.331. The van der Waals surface area contributed by atoms with Crippen LogP contribution in [0.3, 0.4) is 0 Å². The Bertz CT molecular complexity index is 519. The second kappa shape index (κ2) is 4.25. The Hall–Kier alpha value is -2.05. The lowest BCUT2D eigenvalue weighted by Gasteiger charge is -2.36. The molecule has 1 saturated heterocycles. The standard InChI is InChI=1S/C12H16N4O3/c13-8-6-19-9(15-8)5-7-10(17)16-12(11(18)14-7)3-1-2-4-12/h6-7H,1-5,13H2,(H,14,18)(H,16,17). The predicted octanol–water partition coefficient (Wildman–Crippen LogP) is -0.273. The van der Waals surface area contributed by atoms with Crippen LogP contribution in [0.25, 0.3) is 0 Å². The zero-order valence-electron chi connectivity index (χ0n) is 10.4. The molecule has 2 heterocycles. The number of carbonyl (C=O) groups excluding carboxylic acids is 2. The van der Waals surface area contributed by atoms with Gasteiger partial charge in [-0.3, -0.25) is 9.59 Å². The fraction of sp³-hybridized carbons (Fsp3) is 0.583. The minimum Gasteiger partial charge on any atom is -0.447 e. The highest BCUT2D eigenvalue weighted by atomic mass is 16.3. The molecule has 0 aromatic carbocycles. The lowest BCUT2D eigenvalue weighted by atomic mass is 9.92. The third-order valence-electron chi connectivity index (χ3n) is 3.82. The maximum Gasteiger partial charge on any atom is 0.246 e. The van der Waals surface area contributed by atoms with Gasteiger partial charge in [-0.2, -0.15) is 4.98 Å². The quantitative estimate of drug-likeness (QED) is 0.681. The molecule has 4 N–H and O–H groups in total. The van der Waals surface area contributed by atoms with Gasteiger partial charge >= 0.3 is 0 Å². The first-order valence-corrected chi connectivity index (χ1v) is 6.42. The normalized spacial score (nSPS) is 25.4. The number of rotatable bonds is 2. The highest BCUT2D eigenvalue weighted by Gasteiger charge is 2.48. The summed E-state index contributed by atoms with van der Waals surface area (Å²) in [7, 11) is 0. The highest BCUT2D eigenvalue weighted by Crippen LogP contribution is 2.31. The summed E-state index contributed by atoms with van der Waals surface area (Å²) in [5, 5.41) is 5.63. The minimum absolute atomic E-state index is 0.103. The van der Waals surface area contributed by atoms with Crippen LogP contribution in [-0.4, -0.2) is 28.4 Å². The Morgan fingerprint density at radius 1 is 1.42 bits per heavy atom. The number of nitrogens with zero attached hydrogens (tertiary/aromatic N) is 1. The van der Waals surface area contributed by atoms with Gasteiger partial charge in [0, 0.05) is 0 Å². The maximum atomic E-state index is 12.2. The average molecular weight is 264 g/mol. The number of anilines is 1. The molecule has 2 aliphatic rings. The van der Waals surface area contributed by atoms with Gasteiger partial charge in [-0.15, -0.1) is 0 Å². The molecule has 1 unspecified atom stereocenters. The Labute approximate surface area is 109 Å². The summed E-state index contributed by atoms with van der Waals surface area (Å²) in [5.41, 5.74) is 4.76. The van der Waals surface area contributed by atoms with Gasteiger partial charge < -0.3 is 20.8 Å². The number of hydrogen-bond donors (Lipinski definition) is 3. The molecule has 2 fully saturated rings. The van der Waals surface area contributed by atoms with Gasteiger partial charge in [-0.1, -0.05) is 12.8 Å². The van der Waals surface area contributed by atoms with Crippen molar-refractivity contribution in [1.29, 1.82) is 0 Å². The molecule has 19 heavy (non-hydrogen) atoms. The van der Waals surface area contributed by atoms with Crippen LogP contribution in [0.2, 0.25) is 0 Å². The molecular weight excluding hydrogens is 248 g/mol. The maximum absolute atomic E-state index is 12.2. The van der Waals surface area contributed by atoms with Crippen molar-refractivity contribution in [2.75, 3.05) is 5.73 Å². The van der Waals surface area contributed by atoms with Crippen molar-refractivity contribution in [3.05, 3.63) is 12.2 Å². The smallest absolute Gasteiger partial charge is 0.246 e. The van der Waals surface area contributed by atoms with E-state index in [1.54, 1.807) is 0 Å². The van der Waals surface area contributed by atoms with Crippen molar-refractivity contribution in [3.8, 4) is 0 Å². The van der Waals surface area contributed by atoms with Crippen molar-refractivity contribution in [3.63, 3.8) is 0 Å². The van der Waals surface area contributed by atoms with E-state index in [1.165, 1.54) is 6.26 Å². The number of nitrogens with two attached hydrogens (primary N) is 1. The number of carbonyl (C=O) groups is 2. The van der Waals surface area contributed by atoms with Gasteiger partial charge in [0.05, 0.1) is 6.42 Å². The van der Waals surface area contributed by atoms with E-state index in [9.17, 15) is 9.59 Å². The summed E-state index contributed by atoms with van der Waals surface area (Å²) in [6.07, 6.45) is 4.89. The summed E-state index contributed by atoms with van der Waals surface area (Å²) in [6.45, 7) is 0. The highest BCUT2D eigenvalue weighted by molar-refractivity contribution is 6.00. The zero-order valence-corrected chi connectivity index (χ0v) is 10.4. The van der Waals surface area contributed by atoms with Crippen molar-refractivity contribution in [2.45, 2.75) is 43.7 Å². The fourth-order valence-electron chi connectivity index (χ4n) is 2.81. The molecule has 1 saturated carbocycles. The average Bonchev–Trinajstić information content (AvgIpc) is 2.97. The molecule has 7 nitrogen and oxygen atoms in total. The molecule has 3 rings (SSSR count). The largest absolute Gasteiger partial charge is 0.447 e. The van der Waals surface area contributed by atoms with Crippen LogP contribution in [0.15, 0.2) is 10.7 Å². The van der Waals surface area contributed by atoms with E-state index >= 15 is 0 Å². The SMILES string of the molecule is Nc1coc(CC2NC(=O)C3(CCCC3)NC2=O)n1. The predicted molar refractivity (Wildman–Crippen MR) is 65.9 cm³/mol. The fourth-order valence-corrected chi connectivity index (χ4v) is 2.81. The Kier molecular flexibility index (Phi) is 2.69. The van der Waals surface area contributed by atoms with E-state index < -0.39 is 11.6 Å². The minimum atomic E-state index is -0.691. The monoisotopic (exact) mass is 264 g/mol. The number of hydrogen-bond acceptors (Lipinski definition) is 5. The van der Waals surface area contributed by atoms with Gasteiger partial charge in [0.1, 0.15) is 17.8 Å². The van der Waals surface area contributed by atoms with Gasteiger partial charge in [-0.05, 0) is 12.8 Å². The van der Waals surface area contributed by atoms with Crippen molar-refractivity contribution in [2.24, 2.45) is 0 Å². The number of amides is 2. The number of piperazine rings is 1. The van der Waals surface area contributed by atoms with E-state index in [-0.39, 0.29) is 24.1 Å². The molecule has 1 aromatic rings. The van der Waals surface area contributed by atoms with Crippen LogP contribution in [0.4, 0.5) is 5.82 Å². The molecule has 1 aromatic heterocycles. The molecular formula is C12H16N4O3. The summed E-state index contributed by atoms with van der Waals surface area (Å²) in [6, 6.07) is -0.642. The van der Waals surface area contributed by atoms with E-state index in [2.05, 4.69) is 15.6 Å².